The summed E-state index contributed by atoms with van der Waals surface area (Å²) in [4.78, 5) is 0. The van der Waals surface area contributed by atoms with Crippen molar-refractivity contribution in [2.45, 2.75) is 6.42 Å². The fraction of sp³-hybridized carbons (Fsp3) is 0.273. The van der Waals surface area contributed by atoms with E-state index in [2.05, 4.69) is 10.2 Å². The monoisotopic (exact) mass is 218 g/mol. The molecule has 16 heavy (non-hydrogen) atoms. The standard InChI is InChI=1S/C11H14N4O/c1-15-10(13-14-11(15)12)7-8-3-5-9(16-2)6-4-8/h3-6H,7H2,1-2H3,(H2,12,14). The van der Waals surface area contributed by atoms with Crippen molar-refractivity contribution < 1.29 is 4.74 Å². The van der Waals surface area contributed by atoms with Crippen LogP contribution in [0.25, 0.3) is 0 Å². The Kier molecular flexibility index (Phi) is 2.76. The predicted octanol–water partition coefficient (Wildman–Crippen LogP) is 0.997. The lowest BCUT2D eigenvalue weighted by Crippen LogP contribution is -2.02. The van der Waals surface area contributed by atoms with Crippen molar-refractivity contribution in [3.63, 3.8) is 0 Å². The van der Waals surface area contributed by atoms with Crippen molar-refractivity contribution in [3.8, 4) is 5.75 Å². The molecule has 84 valence electrons. The fourth-order valence-corrected chi connectivity index (χ4v) is 1.46. The predicted molar refractivity (Wildman–Crippen MR) is 61.2 cm³/mol. The fourth-order valence-electron chi connectivity index (χ4n) is 1.46. The Morgan fingerprint density at radius 2 is 1.94 bits per heavy atom. The maximum atomic E-state index is 5.61. The third kappa shape index (κ3) is 1.98. The van der Waals surface area contributed by atoms with E-state index in [1.807, 2.05) is 31.3 Å². The number of nitrogens with two attached hydrogens (primary N) is 1. The summed E-state index contributed by atoms with van der Waals surface area (Å²) in [5, 5.41) is 7.82. The smallest absolute Gasteiger partial charge is 0.221 e. The second-order valence-corrected chi connectivity index (χ2v) is 3.56. The molecular formula is C11H14N4O. The number of nitrogens with zero attached hydrogens (tertiary/aromatic N) is 3. The molecule has 0 saturated carbocycles. The molecule has 0 fully saturated rings. The van der Waals surface area contributed by atoms with Gasteiger partial charge in [-0.1, -0.05) is 12.1 Å². The van der Waals surface area contributed by atoms with Gasteiger partial charge in [0.1, 0.15) is 11.6 Å². The molecule has 5 heteroatoms. The van der Waals surface area contributed by atoms with Crippen LogP contribution in [-0.2, 0) is 13.5 Å². The van der Waals surface area contributed by atoms with Crippen LogP contribution in [0.1, 0.15) is 11.4 Å². The number of anilines is 1. The normalized spacial score (nSPS) is 10.4. The first kappa shape index (κ1) is 10.5. The first-order valence-corrected chi connectivity index (χ1v) is 4.97. The first-order valence-electron chi connectivity index (χ1n) is 4.97. The average molecular weight is 218 g/mol. The third-order valence-corrected chi connectivity index (χ3v) is 2.52. The average Bonchev–Trinajstić information content (AvgIpc) is 2.62. The lowest BCUT2D eigenvalue weighted by atomic mass is 10.1. The van der Waals surface area contributed by atoms with E-state index in [1.165, 1.54) is 0 Å². The van der Waals surface area contributed by atoms with Gasteiger partial charge in [-0.3, -0.25) is 0 Å². The molecule has 5 nitrogen and oxygen atoms in total. The van der Waals surface area contributed by atoms with E-state index in [9.17, 15) is 0 Å². The zero-order chi connectivity index (χ0) is 11.5. The van der Waals surface area contributed by atoms with Crippen molar-refractivity contribution >= 4 is 5.95 Å². The van der Waals surface area contributed by atoms with Gasteiger partial charge in [0.25, 0.3) is 0 Å². The highest BCUT2D eigenvalue weighted by molar-refractivity contribution is 5.29. The molecule has 0 bridgehead atoms. The molecule has 2 N–H and O–H groups in total. The van der Waals surface area contributed by atoms with Crippen LogP contribution in [-0.4, -0.2) is 21.9 Å². The van der Waals surface area contributed by atoms with Gasteiger partial charge in [-0.25, -0.2) is 0 Å². The zero-order valence-electron chi connectivity index (χ0n) is 9.34. The van der Waals surface area contributed by atoms with E-state index >= 15 is 0 Å². The molecule has 0 aliphatic rings. The highest BCUT2D eigenvalue weighted by Crippen LogP contribution is 2.14. The van der Waals surface area contributed by atoms with Gasteiger partial charge in [-0.2, -0.15) is 0 Å². The minimum absolute atomic E-state index is 0.434. The van der Waals surface area contributed by atoms with E-state index in [1.54, 1.807) is 11.7 Å². The molecule has 0 radical (unpaired) electrons. The molecular weight excluding hydrogens is 204 g/mol. The van der Waals surface area contributed by atoms with Crippen LogP contribution in [0.15, 0.2) is 24.3 Å². The van der Waals surface area contributed by atoms with Crippen LogP contribution >= 0.6 is 0 Å². The summed E-state index contributed by atoms with van der Waals surface area (Å²) in [6.45, 7) is 0. The SMILES string of the molecule is COc1ccc(Cc2nnc(N)n2C)cc1. The second kappa shape index (κ2) is 4.22. The Balaban J connectivity index is 2.17. The molecule has 2 aromatic rings. The summed E-state index contributed by atoms with van der Waals surface area (Å²) in [5.41, 5.74) is 6.76. The van der Waals surface area contributed by atoms with Crippen LogP contribution in [0.3, 0.4) is 0 Å². The van der Waals surface area contributed by atoms with Gasteiger partial charge in [-0.15, -0.1) is 10.2 Å². The van der Waals surface area contributed by atoms with E-state index < -0.39 is 0 Å². The molecule has 1 aromatic heterocycles. The second-order valence-electron chi connectivity index (χ2n) is 3.56. The van der Waals surface area contributed by atoms with E-state index in [0.717, 1.165) is 17.1 Å². The third-order valence-electron chi connectivity index (χ3n) is 2.52. The van der Waals surface area contributed by atoms with Gasteiger partial charge in [-0.05, 0) is 17.7 Å². The number of aromatic nitrogens is 3. The Labute approximate surface area is 93.9 Å². The molecule has 0 saturated heterocycles. The minimum Gasteiger partial charge on any atom is -0.497 e. The summed E-state index contributed by atoms with van der Waals surface area (Å²) in [6.07, 6.45) is 0.713. The van der Waals surface area contributed by atoms with Crippen LogP contribution in [0.2, 0.25) is 0 Å². The summed E-state index contributed by atoms with van der Waals surface area (Å²) < 4.78 is 6.88. The Morgan fingerprint density at radius 3 is 2.44 bits per heavy atom. The number of hydrogen-bond donors (Lipinski definition) is 1. The van der Waals surface area contributed by atoms with E-state index in [4.69, 9.17) is 10.5 Å². The van der Waals surface area contributed by atoms with Crippen LogP contribution < -0.4 is 10.5 Å². The Bertz CT molecular complexity index is 475. The number of hydrogen-bond acceptors (Lipinski definition) is 4. The molecule has 1 aromatic carbocycles. The van der Waals surface area contributed by atoms with Crippen LogP contribution in [0.5, 0.6) is 5.75 Å². The molecule has 1 heterocycles. The van der Waals surface area contributed by atoms with Gasteiger partial charge in [0.05, 0.1) is 7.11 Å². The largest absolute Gasteiger partial charge is 0.497 e. The Hall–Kier alpha value is -2.04. The van der Waals surface area contributed by atoms with Gasteiger partial charge < -0.3 is 15.0 Å². The van der Waals surface area contributed by atoms with E-state index in [0.29, 0.717) is 12.4 Å². The maximum absolute atomic E-state index is 5.61. The van der Waals surface area contributed by atoms with Crippen LogP contribution in [0.4, 0.5) is 5.95 Å². The van der Waals surface area contributed by atoms with Gasteiger partial charge in [0.15, 0.2) is 0 Å². The van der Waals surface area contributed by atoms with Crippen molar-refractivity contribution in [2.75, 3.05) is 12.8 Å². The molecule has 0 unspecified atom stereocenters. The summed E-state index contributed by atoms with van der Waals surface area (Å²) in [6, 6.07) is 7.86. The Morgan fingerprint density at radius 1 is 1.25 bits per heavy atom. The van der Waals surface area contributed by atoms with Crippen molar-refractivity contribution in [1.29, 1.82) is 0 Å². The number of benzene rings is 1. The van der Waals surface area contributed by atoms with Crippen molar-refractivity contribution in [3.05, 3.63) is 35.7 Å². The summed E-state index contributed by atoms with van der Waals surface area (Å²) in [5.74, 6) is 2.13. The lowest BCUT2D eigenvalue weighted by Gasteiger charge is -2.03. The molecule has 0 atom stereocenters. The van der Waals surface area contributed by atoms with Crippen molar-refractivity contribution in [2.24, 2.45) is 7.05 Å². The number of rotatable bonds is 3. The molecule has 2 rings (SSSR count). The summed E-state index contributed by atoms with van der Waals surface area (Å²) in [7, 11) is 3.51. The minimum atomic E-state index is 0.434. The van der Waals surface area contributed by atoms with Gasteiger partial charge >= 0.3 is 0 Å². The highest BCUT2D eigenvalue weighted by atomic mass is 16.5. The highest BCUT2D eigenvalue weighted by Gasteiger charge is 2.06. The molecule has 0 aliphatic heterocycles. The van der Waals surface area contributed by atoms with Crippen molar-refractivity contribution in [1.82, 2.24) is 14.8 Å². The van der Waals surface area contributed by atoms with Crippen LogP contribution in [0, 0.1) is 0 Å². The molecule has 0 aliphatic carbocycles. The topological polar surface area (TPSA) is 66.0 Å². The quantitative estimate of drug-likeness (QED) is 0.834. The van der Waals surface area contributed by atoms with E-state index in [-0.39, 0.29) is 0 Å². The molecule has 0 spiro atoms. The number of nitrogen functional groups attached to an aromatic ring is 1. The first-order chi connectivity index (χ1) is 7.70. The maximum Gasteiger partial charge on any atom is 0.221 e. The van der Waals surface area contributed by atoms with Gasteiger partial charge in [0, 0.05) is 13.5 Å². The van der Waals surface area contributed by atoms with Gasteiger partial charge in [0.2, 0.25) is 5.95 Å². The lowest BCUT2D eigenvalue weighted by molar-refractivity contribution is 0.414. The zero-order valence-corrected chi connectivity index (χ0v) is 9.34. The summed E-state index contributed by atoms with van der Waals surface area (Å²) >= 11 is 0. The number of ether oxygens (including phenoxy) is 1. The number of methoxy groups -OCH3 is 1. The molecule has 0 amide bonds.